The van der Waals surface area contributed by atoms with E-state index >= 15 is 0 Å². The Balaban J connectivity index is 1.34. The predicted octanol–water partition coefficient (Wildman–Crippen LogP) is 8.03. The van der Waals surface area contributed by atoms with E-state index < -0.39 is 11.5 Å². The van der Waals surface area contributed by atoms with Crippen molar-refractivity contribution in [3.63, 3.8) is 0 Å². The van der Waals surface area contributed by atoms with Crippen LogP contribution >= 0.6 is 11.6 Å². The van der Waals surface area contributed by atoms with E-state index in [0.29, 0.717) is 30.4 Å². The molecule has 0 aromatic heterocycles. The molecule has 2 aliphatic heterocycles. The van der Waals surface area contributed by atoms with Crippen molar-refractivity contribution in [2.75, 3.05) is 26.4 Å². The first-order valence-electron chi connectivity index (χ1n) is 17.6. The van der Waals surface area contributed by atoms with Crippen molar-refractivity contribution in [2.45, 2.75) is 135 Å². The highest BCUT2D eigenvalue weighted by atomic mass is 35.5. The SMILES string of the molecule is CC(C)(C)C(=O)OCCCCC=CC[C@@H]1[C@@H](CC[C@H](COc2cccc(Cl)c2)OC2CCCCO2)[C@H](OC2CCCCO2)C[C@@H]1O. The van der Waals surface area contributed by atoms with Crippen LogP contribution in [-0.4, -0.2) is 68.4 Å². The van der Waals surface area contributed by atoms with Crippen LogP contribution in [0.1, 0.15) is 104 Å². The van der Waals surface area contributed by atoms with Crippen LogP contribution in [0.4, 0.5) is 0 Å². The molecule has 1 saturated carbocycles. The number of allylic oxidation sites excluding steroid dienone is 2. The second-order valence-electron chi connectivity index (χ2n) is 14.1. The Morgan fingerprint density at radius 3 is 2.50 bits per heavy atom. The van der Waals surface area contributed by atoms with Gasteiger partial charge in [0.15, 0.2) is 12.6 Å². The number of aliphatic hydroxyl groups excluding tert-OH is 1. The number of aliphatic hydroxyl groups is 1. The largest absolute Gasteiger partial charge is 0.491 e. The summed E-state index contributed by atoms with van der Waals surface area (Å²) in [5.41, 5.74) is -0.470. The average Bonchev–Trinajstić information content (AvgIpc) is 3.33. The summed E-state index contributed by atoms with van der Waals surface area (Å²) >= 11 is 6.20. The molecule has 7 atom stereocenters. The molecule has 3 fully saturated rings. The standard InChI is InChI=1S/C37H57ClO8/c1-37(2,3)36(40)43-23-10-6-4-5-7-16-30-31(33(25-32(30)39)46-35-18-9-12-22-42-35)20-19-29(45-34-17-8-11-21-41-34)26-44-28-15-13-14-27(38)24-28/h5,7,13-15,24,29-35,39H,4,6,8-12,16-23,25-26H2,1-3H3/t29-,30-,31-,32+,33-,34?,35?/m1/s1. The molecule has 260 valence electrons. The molecular weight excluding hydrogens is 608 g/mol. The van der Waals surface area contributed by atoms with Gasteiger partial charge in [0.25, 0.3) is 0 Å². The summed E-state index contributed by atoms with van der Waals surface area (Å²) in [6.45, 7) is 7.89. The molecule has 1 N–H and O–H groups in total. The van der Waals surface area contributed by atoms with Crippen LogP contribution in [0, 0.1) is 17.3 Å². The van der Waals surface area contributed by atoms with Crippen LogP contribution in [0.3, 0.4) is 0 Å². The van der Waals surface area contributed by atoms with Crippen molar-refractivity contribution >= 4 is 17.6 Å². The van der Waals surface area contributed by atoms with Gasteiger partial charge in [-0.2, -0.15) is 0 Å². The zero-order chi connectivity index (χ0) is 32.8. The molecule has 2 unspecified atom stereocenters. The lowest BCUT2D eigenvalue weighted by molar-refractivity contribution is -0.202. The summed E-state index contributed by atoms with van der Waals surface area (Å²) in [7, 11) is 0. The van der Waals surface area contributed by atoms with Crippen LogP contribution in [0.5, 0.6) is 5.75 Å². The van der Waals surface area contributed by atoms with Gasteiger partial charge < -0.3 is 33.5 Å². The number of hydrogen-bond donors (Lipinski definition) is 1. The molecule has 1 aromatic carbocycles. The maximum atomic E-state index is 12.0. The zero-order valence-electron chi connectivity index (χ0n) is 28.2. The Bertz CT molecular complexity index is 1050. The molecule has 1 aliphatic carbocycles. The van der Waals surface area contributed by atoms with Gasteiger partial charge in [-0.15, -0.1) is 0 Å². The summed E-state index contributed by atoms with van der Waals surface area (Å²) in [5.74, 6) is 0.798. The Kier molecular flexibility index (Phi) is 15.6. The van der Waals surface area contributed by atoms with E-state index in [1.165, 1.54) is 0 Å². The molecule has 1 aromatic rings. The fourth-order valence-corrected chi connectivity index (χ4v) is 6.70. The van der Waals surface area contributed by atoms with Crippen molar-refractivity contribution in [3.05, 3.63) is 41.4 Å². The minimum Gasteiger partial charge on any atom is -0.491 e. The first-order chi connectivity index (χ1) is 22.2. The van der Waals surface area contributed by atoms with E-state index in [2.05, 4.69) is 12.2 Å². The average molecular weight is 665 g/mol. The summed E-state index contributed by atoms with van der Waals surface area (Å²) in [6.07, 6.45) is 15.1. The van der Waals surface area contributed by atoms with Crippen LogP contribution in [0.25, 0.3) is 0 Å². The zero-order valence-corrected chi connectivity index (χ0v) is 29.0. The number of ether oxygens (including phenoxy) is 6. The van der Waals surface area contributed by atoms with Gasteiger partial charge in [0.1, 0.15) is 12.4 Å². The van der Waals surface area contributed by atoms with E-state index in [9.17, 15) is 9.90 Å². The van der Waals surface area contributed by atoms with Gasteiger partial charge in [0, 0.05) is 24.7 Å². The lowest BCUT2D eigenvalue weighted by Gasteiger charge is -2.32. The lowest BCUT2D eigenvalue weighted by Crippen LogP contribution is -2.34. The van der Waals surface area contributed by atoms with E-state index in [-0.39, 0.29) is 42.6 Å². The molecule has 0 radical (unpaired) electrons. The van der Waals surface area contributed by atoms with Crippen LogP contribution in [0.15, 0.2) is 36.4 Å². The minimum absolute atomic E-state index is 0.0746. The normalized spacial score (nSPS) is 27.9. The lowest BCUT2D eigenvalue weighted by atomic mass is 9.86. The first kappa shape index (κ1) is 37.1. The van der Waals surface area contributed by atoms with Crippen molar-refractivity contribution < 1.29 is 38.3 Å². The highest BCUT2D eigenvalue weighted by molar-refractivity contribution is 6.30. The number of benzene rings is 1. The smallest absolute Gasteiger partial charge is 0.311 e. The molecule has 0 amide bonds. The van der Waals surface area contributed by atoms with Crippen molar-refractivity contribution in [1.29, 1.82) is 0 Å². The van der Waals surface area contributed by atoms with Crippen molar-refractivity contribution in [2.24, 2.45) is 17.3 Å². The van der Waals surface area contributed by atoms with Crippen molar-refractivity contribution in [3.8, 4) is 5.75 Å². The Hall–Kier alpha value is -1.68. The van der Waals surface area contributed by atoms with Crippen LogP contribution < -0.4 is 4.74 Å². The predicted molar refractivity (Wildman–Crippen MR) is 179 cm³/mol. The minimum atomic E-state index is -0.470. The Morgan fingerprint density at radius 2 is 1.80 bits per heavy atom. The number of carbonyl (C=O) groups is 1. The fourth-order valence-electron chi connectivity index (χ4n) is 6.52. The maximum Gasteiger partial charge on any atom is 0.311 e. The molecule has 8 nitrogen and oxygen atoms in total. The van der Waals surface area contributed by atoms with Gasteiger partial charge in [-0.25, -0.2) is 0 Å². The number of esters is 1. The van der Waals surface area contributed by atoms with Gasteiger partial charge in [-0.1, -0.05) is 29.8 Å². The van der Waals surface area contributed by atoms with Gasteiger partial charge in [0.2, 0.25) is 0 Å². The Labute approximate surface area is 281 Å². The summed E-state index contributed by atoms with van der Waals surface area (Å²) in [4.78, 5) is 12.0. The van der Waals surface area contributed by atoms with E-state index in [4.69, 9.17) is 40.0 Å². The maximum absolute atomic E-state index is 12.0. The second kappa shape index (κ2) is 19.4. The van der Waals surface area contributed by atoms with Gasteiger partial charge >= 0.3 is 5.97 Å². The molecule has 2 saturated heterocycles. The van der Waals surface area contributed by atoms with Crippen molar-refractivity contribution in [1.82, 2.24) is 0 Å². The third-order valence-corrected chi connectivity index (χ3v) is 9.42. The Morgan fingerprint density at radius 1 is 1.04 bits per heavy atom. The van der Waals surface area contributed by atoms with E-state index in [1.54, 1.807) is 0 Å². The van der Waals surface area contributed by atoms with Gasteiger partial charge in [-0.3, -0.25) is 4.79 Å². The highest BCUT2D eigenvalue weighted by Gasteiger charge is 2.43. The van der Waals surface area contributed by atoms with Gasteiger partial charge in [0.05, 0.1) is 30.3 Å². The number of carbonyl (C=O) groups excluding carboxylic acids is 1. The van der Waals surface area contributed by atoms with E-state index in [1.807, 2.05) is 45.0 Å². The van der Waals surface area contributed by atoms with Crippen LogP contribution in [-0.2, 0) is 28.5 Å². The second-order valence-corrected chi connectivity index (χ2v) is 14.5. The third-order valence-electron chi connectivity index (χ3n) is 9.18. The summed E-state index contributed by atoms with van der Waals surface area (Å²) < 4.78 is 36.4. The number of unbranched alkanes of at least 4 members (excludes halogenated alkanes) is 2. The molecular formula is C37H57ClO8. The topological polar surface area (TPSA) is 92.7 Å². The van der Waals surface area contributed by atoms with Gasteiger partial charge in [-0.05, 0) is 128 Å². The monoisotopic (exact) mass is 664 g/mol. The third kappa shape index (κ3) is 12.7. The van der Waals surface area contributed by atoms with E-state index in [0.717, 1.165) is 90.3 Å². The highest BCUT2D eigenvalue weighted by Crippen LogP contribution is 2.41. The molecule has 2 heterocycles. The molecule has 46 heavy (non-hydrogen) atoms. The quantitative estimate of drug-likeness (QED) is 0.102. The molecule has 3 aliphatic rings. The molecule has 0 spiro atoms. The number of halogens is 1. The molecule has 4 rings (SSSR count). The fraction of sp³-hybridized carbons (Fsp3) is 0.757. The summed E-state index contributed by atoms with van der Waals surface area (Å²) in [6, 6.07) is 7.44. The molecule has 9 heteroatoms. The first-order valence-corrected chi connectivity index (χ1v) is 18.0. The number of hydrogen-bond acceptors (Lipinski definition) is 8. The number of rotatable bonds is 17. The van der Waals surface area contributed by atoms with Crippen LogP contribution in [0.2, 0.25) is 5.02 Å². The summed E-state index contributed by atoms with van der Waals surface area (Å²) in [5, 5.41) is 11.9. The molecule has 0 bridgehead atoms.